The second-order valence-electron chi connectivity index (χ2n) is 5.15. The normalized spacial score (nSPS) is 16.3. The lowest BCUT2D eigenvalue weighted by Crippen LogP contribution is -2.14. The van der Waals surface area contributed by atoms with Gasteiger partial charge in [0, 0.05) is 12.6 Å². The Balaban J connectivity index is 1.76. The van der Waals surface area contributed by atoms with Crippen molar-refractivity contribution >= 4 is 39.6 Å². The Morgan fingerprint density at radius 1 is 1.40 bits per heavy atom. The molecule has 1 saturated carbocycles. The Morgan fingerprint density at radius 3 is 2.90 bits per heavy atom. The van der Waals surface area contributed by atoms with Gasteiger partial charge in [-0.25, -0.2) is 9.37 Å². The van der Waals surface area contributed by atoms with E-state index in [1.54, 1.807) is 6.07 Å². The van der Waals surface area contributed by atoms with Gasteiger partial charge in [-0.1, -0.05) is 12.8 Å². The zero-order chi connectivity index (χ0) is 14.1. The SMILES string of the molecule is Nc1nc2cc(I)c(F)cc2n1CCOC1CCCC1. The molecule has 108 valence electrons. The van der Waals surface area contributed by atoms with E-state index in [1.807, 2.05) is 27.2 Å². The molecule has 0 spiro atoms. The highest BCUT2D eigenvalue weighted by Gasteiger charge is 2.16. The van der Waals surface area contributed by atoms with Gasteiger partial charge in [0.05, 0.1) is 27.3 Å². The van der Waals surface area contributed by atoms with Crippen LogP contribution in [0.25, 0.3) is 11.0 Å². The number of imidazole rings is 1. The molecule has 0 atom stereocenters. The van der Waals surface area contributed by atoms with Crippen molar-refractivity contribution in [3.05, 3.63) is 21.5 Å². The number of anilines is 1. The van der Waals surface area contributed by atoms with Gasteiger partial charge in [0.15, 0.2) is 0 Å². The third kappa shape index (κ3) is 2.76. The first-order valence-corrected chi connectivity index (χ1v) is 7.95. The molecule has 1 aliphatic carbocycles. The fourth-order valence-corrected chi connectivity index (χ4v) is 3.19. The quantitative estimate of drug-likeness (QED) is 0.817. The molecule has 1 aromatic carbocycles. The first-order chi connectivity index (χ1) is 9.65. The lowest BCUT2D eigenvalue weighted by molar-refractivity contribution is 0.0537. The summed E-state index contributed by atoms with van der Waals surface area (Å²) < 4.78 is 21.9. The van der Waals surface area contributed by atoms with Crippen molar-refractivity contribution in [3.63, 3.8) is 0 Å². The van der Waals surface area contributed by atoms with Gasteiger partial charge in [-0.2, -0.15) is 0 Å². The summed E-state index contributed by atoms with van der Waals surface area (Å²) in [6, 6.07) is 3.21. The van der Waals surface area contributed by atoms with Crippen molar-refractivity contribution in [1.29, 1.82) is 0 Å². The molecule has 0 amide bonds. The van der Waals surface area contributed by atoms with Crippen molar-refractivity contribution < 1.29 is 9.13 Å². The van der Waals surface area contributed by atoms with E-state index < -0.39 is 0 Å². The summed E-state index contributed by atoms with van der Waals surface area (Å²) in [5, 5.41) is 0. The molecule has 0 unspecified atom stereocenters. The first kappa shape index (κ1) is 14.1. The van der Waals surface area contributed by atoms with Gasteiger partial charge in [-0.3, -0.25) is 0 Å². The Hall–Kier alpha value is -0.890. The van der Waals surface area contributed by atoms with Crippen LogP contribution in [0, 0.1) is 9.39 Å². The van der Waals surface area contributed by atoms with E-state index in [9.17, 15) is 4.39 Å². The van der Waals surface area contributed by atoms with Gasteiger partial charge in [-0.05, 0) is 41.5 Å². The van der Waals surface area contributed by atoms with Crippen LogP contribution in [-0.4, -0.2) is 22.3 Å². The number of hydrogen-bond acceptors (Lipinski definition) is 3. The third-order valence-corrected chi connectivity index (χ3v) is 4.62. The van der Waals surface area contributed by atoms with Gasteiger partial charge >= 0.3 is 0 Å². The molecule has 3 rings (SSSR count). The van der Waals surface area contributed by atoms with Crippen molar-refractivity contribution in [2.45, 2.75) is 38.3 Å². The Labute approximate surface area is 130 Å². The van der Waals surface area contributed by atoms with E-state index in [-0.39, 0.29) is 5.82 Å². The van der Waals surface area contributed by atoms with Crippen LogP contribution in [-0.2, 0) is 11.3 Å². The summed E-state index contributed by atoms with van der Waals surface area (Å²) in [6.45, 7) is 1.20. The highest BCUT2D eigenvalue weighted by Crippen LogP contribution is 2.24. The minimum absolute atomic E-state index is 0.240. The summed E-state index contributed by atoms with van der Waals surface area (Å²) in [5.41, 5.74) is 7.38. The second-order valence-corrected chi connectivity index (χ2v) is 6.32. The predicted octanol–water partition coefficient (Wildman–Crippen LogP) is 3.32. The molecule has 0 radical (unpaired) electrons. The highest BCUT2D eigenvalue weighted by molar-refractivity contribution is 14.1. The van der Waals surface area contributed by atoms with Crippen LogP contribution in [0.1, 0.15) is 25.7 Å². The van der Waals surface area contributed by atoms with Crippen LogP contribution >= 0.6 is 22.6 Å². The van der Waals surface area contributed by atoms with Gasteiger partial charge in [0.25, 0.3) is 0 Å². The topological polar surface area (TPSA) is 53.1 Å². The molecule has 0 aliphatic heterocycles. The summed E-state index contributed by atoms with van der Waals surface area (Å²) in [4.78, 5) is 4.28. The Morgan fingerprint density at radius 2 is 2.15 bits per heavy atom. The fraction of sp³-hybridized carbons (Fsp3) is 0.500. The molecule has 2 aromatic rings. The van der Waals surface area contributed by atoms with E-state index in [0.717, 1.165) is 23.9 Å². The van der Waals surface area contributed by atoms with Gasteiger partial charge in [0.2, 0.25) is 5.95 Å². The Kier molecular flexibility index (Phi) is 4.11. The highest BCUT2D eigenvalue weighted by atomic mass is 127. The number of rotatable bonds is 4. The largest absolute Gasteiger partial charge is 0.376 e. The number of hydrogen-bond donors (Lipinski definition) is 1. The van der Waals surface area contributed by atoms with Crippen LogP contribution in [0.4, 0.5) is 10.3 Å². The number of halogens is 2. The maximum absolute atomic E-state index is 13.7. The first-order valence-electron chi connectivity index (χ1n) is 6.87. The van der Waals surface area contributed by atoms with E-state index in [1.165, 1.54) is 18.9 Å². The average molecular weight is 389 g/mol. The molecule has 1 heterocycles. The van der Waals surface area contributed by atoms with E-state index in [4.69, 9.17) is 10.5 Å². The van der Waals surface area contributed by atoms with E-state index >= 15 is 0 Å². The molecule has 20 heavy (non-hydrogen) atoms. The Bertz CT molecular complexity index is 622. The maximum atomic E-state index is 13.7. The van der Waals surface area contributed by atoms with Crippen molar-refractivity contribution in [3.8, 4) is 0 Å². The third-order valence-electron chi connectivity index (χ3n) is 3.79. The molecule has 1 fully saturated rings. The van der Waals surface area contributed by atoms with Crippen molar-refractivity contribution in [1.82, 2.24) is 9.55 Å². The number of nitrogen functional groups attached to an aromatic ring is 1. The zero-order valence-electron chi connectivity index (χ0n) is 11.1. The lowest BCUT2D eigenvalue weighted by Gasteiger charge is -2.12. The molecule has 6 heteroatoms. The van der Waals surface area contributed by atoms with Gasteiger partial charge in [-0.15, -0.1) is 0 Å². The van der Waals surface area contributed by atoms with Crippen LogP contribution in [0.2, 0.25) is 0 Å². The summed E-state index contributed by atoms with van der Waals surface area (Å²) in [6.07, 6.45) is 5.18. The molecule has 0 bridgehead atoms. The number of nitrogens with two attached hydrogens (primary N) is 1. The molecule has 4 nitrogen and oxygen atoms in total. The second kappa shape index (κ2) is 5.85. The summed E-state index contributed by atoms with van der Waals surface area (Å²) in [5.74, 6) is 0.174. The van der Waals surface area contributed by atoms with Crippen LogP contribution in [0.3, 0.4) is 0 Å². The van der Waals surface area contributed by atoms with Crippen LogP contribution < -0.4 is 5.73 Å². The molecule has 1 aliphatic rings. The molecular weight excluding hydrogens is 372 g/mol. The predicted molar refractivity (Wildman–Crippen MR) is 85.0 cm³/mol. The average Bonchev–Trinajstić information content (AvgIpc) is 3.01. The number of fused-ring (bicyclic) bond motifs is 1. The van der Waals surface area contributed by atoms with Crippen LogP contribution in [0.5, 0.6) is 0 Å². The van der Waals surface area contributed by atoms with E-state index in [0.29, 0.717) is 28.8 Å². The van der Waals surface area contributed by atoms with Crippen molar-refractivity contribution in [2.24, 2.45) is 0 Å². The minimum Gasteiger partial charge on any atom is -0.376 e. The smallest absolute Gasteiger partial charge is 0.201 e. The minimum atomic E-state index is -0.240. The molecule has 2 N–H and O–H groups in total. The number of benzene rings is 1. The number of nitrogens with zero attached hydrogens (tertiary/aromatic N) is 2. The summed E-state index contributed by atoms with van der Waals surface area (Å²) >= 11 is 1.96. The van der Waals surface area contributed by atoms with E-state index in [2.05, 4.69) is 4.98 Å². The monoisotopic (exact) mass is 389 g/mol. The fourth-order valence-electron chi connectivity index (χ4n) is 2.74. The molecule has 1 aromatic heterocycles. The number of ether oxygens (including phenoxy) is 1. The van der Waals surface area contributed by atoms with Crippen molar-refractivity contribution in [2.75, 3.05) is 12.3 Å². The van der Waals surface area contributed by atoms with Crippen LogP contribution in [0.15, 0.2) is 12.1 Å². The maximum Gasteiger partial charge on any atom is 0.201 e. The zero-order valence-corrected chi connectivity index (χ0v) is 13.3. The number of aromatic nitrogens is 2. The van der Waals surface area contributed by atoms with Gasteiger partial charge in [0.1, 0.15) is 5.82 Å². The van der Waals surface area contributed by atoms with Gasteiger partial charge < -0.3 is 15.0 Å². The summed E-state index contributed by atoms with van der Waals surface area (Å²) in [7, 11) is 0. The molecular formula is C14H17FIN3O. The molecule has 0 saturated heterocycles. The standard InChI is InChI=1S/C14H17FIN3O/c15-10-7-13-12(8-11(10)16)18-14(17)19(13)5-6-20-9-3-1-2-4-9/h7-9H,1-6H2,(H2,17,18). The lowest BCUT2D eigenvalue weighted by atomic mass is 10.3.